The Morgan fingerprint density at radius 1 is 1.54 bits per heavy atom. The van der Waals surface area contributed by atoms with Crippen LogP contribution in [0.2, 0.25) is 0 Å². The molecule has 0 aromatic carbocycles. The van der Waals surface area contributed by atoms with Gasteiger partial charge in [-0.05, 0) is 15.9 Å². The van der Waals surface area contributed by atoms with Crippen molar-refractivity contribution in [1.82, 2.24) is 4.98 Å². The molecule has 0 aliphatic rings. The minimum absolute atomic E-state index is 0.234. The average molecular weight is 254 g/mol. The number of aromatic nitrogens is 1. The first-order valence-corrected chi connectivity index (χ1v) is 3.94. The summed E-state index contributed by atoms with van der Waals surface area (Å²) in [5.74, 6) is -1.15. The maximum atomic E-state index is 13.0. The number of rotatable bonds is 2. The molecule has 13 heavy (non-hydrogen) atoms. The summed E-state index contributed by atoms with van der Waals surface area (Å²) in [6.07, 6.45) is -2.01. The maximum absolute atomic E-state index is 13.0. The van der Waals surface area contributed by atoms with Gasteiger partial charge in [-0.15, -0.1) is 0 Å². The lowest BCUT2D eigenvalue weighted by Gasteiger charge is -2.03. The van der Waals surface area contributed by atoms with Crippen LogP contribution in [-0.2, 0) is 0 Å². The van der Waals surface area contributed by atoms with Crippen LogP contribution in [0.5, 0.6) is 0 Å². The molecule has 0 saturated heterocycles. The number of aldehydes is 1. The van der Waals surface area contributed by atoms with E-state index >= 15 is 0 Å². The van der Waals surface area contributed by atoms with Crippen molar-refractivity contribution in [2.45, 2.75) is 6.43 Å². The smallest absolute Gasteiger partial charge is 0.268 e. The molecule has 0 spiro atoms. The van der Waals surface area contributed by atoms with E-state index in [2.05, 4.69) is 20.9 Å². The number of alkyl halides is 2. The highest BCUT2D eigenvalue weighted by Gasteiger charge is 2.18. The molecular formula is C7H3BrF3NO. The summed E-state index contributed by atoms with van der Waals surface area (Å²) >= 11 is 2.66. The van der Waals surface area contributed by atoms with Crippen LogP contribution in [0.25, 0.3) is 0 Å². The second kappa shape index (κ2) is 3.87. The lowest BCUT2D eigenvalue weighted by Crippen LogP contribution is -1.98. The van der Waals surface area contributed by atoms with E-state index in [-0.39, 0.29) is 16.5 Å². The second-order valence-corrected chi connectivity index (χ2v) is 2.94. The van der Waals surface area contributed by atoms with Crippen LogP contribution in [0.3, 0.4) is 0 Å². The van der Waals surface area contributed by atoms with Gasteiger partial charge in [-0.25, -0.2) is 13.2 Å². The number of halogens is 4. The van der Waals surface area contributed by atoms with Crippen molar-refractivity contribution >= 4 is 22.2 Å². The summed E-state index contributed by atoms with van der Waals surface area (Å²) in [7, 11) is 0. The largest absolute Gasteiger partial charge is 0.296 e. The fourth-order valence-corrected chi connectivity index (χ4v) is 1.15. The van der Waals surface area contributed by atoms with E-state index in [0.29, 0.717) is 6.20 Å². The van der Waals surface area contributed by atoms with Crippen molar-refractivity contribution in [3.8, 4) is 0 Å². The van der Waals surface area contributed by atoms with Crippen LogP contribution in [0.1, 0.15) is 22.5 Å². The highest BCUT2D eigenvalue weighted by molar-refractivity contribution is 9.10. The molecule has 0 saturated carbocycles. The molecule has 1 heterocycles. The van der Waals surface area contributed by atoms with Crippen LogP contribution >= 0.6 is 15.9 Å². The van der Waals surface area contributed by atoms with E-state index in [0.717, 1.165) is 0 Å². The molecule has 0 bridgehead atoms. The first kappa shape index (κ1) is 10.2. The van der Waals surface area contributed by atoms with E-state index in [1.165, 1.54) is 0 Å². The summed E-state index contributed by atoms with van der Waals surface area (Å²) in [4.78, 5) is 13.6. The average Bonchev–Trinajstić information content (AvgIpc) is 2.09. The number of nitrogens with zero attached hydrogens (tertiary/aromatic N) is 1. The fourth-order valence-electron chi connectivity index (χ4n) is 0.726. The molecular weight excluding hydrogens is 251 g/mol. The van der Waals surface area contributed by atoms with Crippen molar-refractivity contribution in [3.63, 3.8) is 0 Å². The van der Waals surface area contributed by atoms with Crippen LogP contribution in [0.4, 0.5) is 13.2 Å². The summed E-state index contributed by atoms with van der Waals surface area (Å²) in [5, 5.41) is 0. The Kier molecular flexibility index (Phi) is 3.02. The minimum Gasteiger partial charge on any atom is -0.296 e. The highest BCUT2D eigenvalue weighted by atomic mass is 79.9. The topological polar surface area (TPSA) is 30.0 Å². The fraction of sp³-hybridized carbons (Fsp3) is 0.143. The van der Waals surface area contributed by atoms with E-state index in [1.807, 2.05) is 0 Å². The van der Waals surface area contributed by atoms with Gasteiger partial charge in [0.25, 0.3) is 6.43 Å². The van der Waals surface area contributed by atoms with E-state index in [9.17, 15) is 18.0 Å². The normalized spacial score (nSPS) is 10.5. The van der Waals surface area contributed by atoms with Crippen molar-refractivity contribution in [2.24, 2.45) is 0 Å². The summed E-state index contributed by atoms with van der Waals surface area (Å²) in [6, 6.07) is 0. The molecule has 0 aliphatic carbocycles. The molecule has 0 amide bonds. The standard InChI is InChI=1S/C7H3BrF3NO/c8-5-4(2-13)12-1-3(6(5)9)7(10)11/h1-2,7H. The van der Waals surface area contributed by atoms with Gasteiger partial charge >= 0.3 is 0 Å². The molecule has 1 aromatic rings. The Hall–Kier alpha value is -0.910. The summed E-state index contributed by atoms with van der Waals surface area (Å²) in [6.45, 7) is 0. The molecule has 0 radical (unpaired) electrons. The van der Waals surface area contributed by atoms with Gasteiger partial charge in [0.1, 0.15) is 11.5 Å². The molecule has 6 heteroatoms. The van der Waals surface area contributed by atoms with E-state index < -0.39 is 17.8 Å². The zero-order valence-corrected chi connectivity index (χ0v) is 7.69. The quantitative estimate of drug-likeness (QED) is 0.759. The Balaban J connectivity index is 3.31. The molecule has 0 aliphatic heterocycles. The molecule has 0 atom stereocenters. The third-order valence-electron chi connectivity index (χ3n) is 1.36. The van der Waals surface area contributed by atoms with E-state index in [1.54, 1.807) is 0 Å². The van der Waals surface area contributed by atoms with Gasteiger partial charge < -0.3 is 0 Å². The van der Waals surface area contributed by atoms with Crippen molar-refractivity contribution in [3.05, 3.63) is 27.7 Å². The summed E-state index contributed by atoms with van der Waals surface area (Å²) < 4.78 is 36.7. The number of carbonyl (C=O) groups excluding carboxylic acids is 1. The minimum atomic E-state index is -2.94. The van der Waals surface area contributed by atoms with Crippen molar-refractivity contribution in [1.29, 1.82) is 0 Å². The SMILES string of the molecule is O=Cc1ncc(C(F)F)c(F)c1Br. The maximum Gasteiger partial charge on any atom is 0.268 e. The third kappa shape index (κ3) is 1.88. The zero-order valence-electron chi connectivity index (χ0n) is 6.10. The van der Waals surface area contributed by atoms with Gasteiger partial charge in [0, 0.05) is 6.20 Å². The highest BCUT2D eigenvalue weighted by Crippen LogP contribution is 2.27. The molecule has 0 fully saturated rings. The molecule has 0 N–H and O–H groups in total. The predicted octanol–water partition coefficient (Wildman–Crippen LogP) is 2.73. The lowest BCUT2D eigenvalue weighted by molar-refractivity contribution is 0.111. The number of carbonyl (C=O) groups is 1. The molecule has 1 rings (SSSR count). The Morgan fingerprint density at radius 2 is 2.15 bits per heavy atom. The molecule has 1 aromatic heterocycles. The van der Waals surface area contributed by atoms with Gasteiger partial charge in [0.05, 0.1) is 10.0 Å². The molecule has 2 nitrogen and oxygen atoms in total. The predicted molar refractivity (Wildman–Crippen MR) is 42.2 cm³/mol. The van der Waals surface area contributed by atoms with E-state index in [4.69, 9.17) is 0 Å². The van der Waals surface area contributed by atoms with Crippen LogP contribution in [0, 0.1) is 5.82 Å². The second-order valence-electron chi connectivity index (χ2n) is 2.15. The van der Waals surface area contributed by atoms with Crippen LogP contribution < -0.4 is 0 Å². The molecule has 0 unspecified atom stereocenters. The van der Waals surface area contributed by atoms with Gasteiger partial charge in [0.15, 0.2) is 6.29 Å². The van der Waals surface area contributed by atoms with Gasteiger partial charge in [-0.3, -0.25) is 9.78 Å². The summed E-state index contributed by atoms with van der Waals surface area (Å²) in [5.41, 5.74) is -1.06. The lowest BCUT2D eigenvalue weighted by atomic mass is 10.2. The Morgan fingerprint density at radius 3 is 2.62 bits per heavy atom. The Bertz CT molecular complexity index is 343. The van der Waals surface area contributed by atoms with Crippen molar-refractivity contribution in [2.75, 3.05) is 0 Å². The van der Waals surface area contributed by atoms with Crippen molar-refractivity contribution < 1.29 is 18.0 Å². The Labute approximate surface area is 79.9 Å². The van der Waals surface area contributed by atoms with Gasteiger partial charge in [-0.1, -0.05) is 0 Å². The number of hydrogen-bond donors (Lipinski definition) is 0. The molecule has 70 valence electrons. The van der Waals surface area contributed by atoms with Crippen LogP contribution in [-0.4, -0.2) is 11.3 Å². The monoisotopic (exact) mass is 253 g/mol. The number of pyridine rings is 1. The zero-order chi connectivity index (χ0) is 10.0. The first-order chi connectivity index (χ1) is 6.07. The van der Waals surface area contributed by atoms with Gasteiger partial charge in [0.2, 0.25) is 0 Å². The third-order valence-corrected chi connectivity index (χ3v) is 2.11. The van der Waals surface area contributed by atoms with Crippen LogP contribution in [0.15, 0.2) is 10.7 Å². The first-order valence-electron chi connectivity index (χ1n) is 3.15. The number of hydrogen-bond acceptors (Lipinski definition) is 2. The van der Waals surface area contributed by atoms with Gasteiger partial charge in [-0.2, -0.15) is 0 Å².